The summed E-state index contributed by atoms with van der Waals surface area (Å²) in [5.74, 6) is 0.135. The molecule has 6 heteroatoms. The molecule has 4 nitrogen and oxygen atoms in total. The van der Waals surface area contributed by atoms with Crippen molar-refractivity contribution in [3.63, 3.8) is 0 Å². The zero-order chi connectivity index (χ0) is 10.7. The van der Waals surface area contributed by atoms with Gasteiger partial charge in [-0.05, 0) is 31.4 Å². The van der Waals surface area contributed by atoms with Gasteiger partial charge in [0.15, 0.2) is 0 Å². The molecule has 1 amide bonds. The molecule has 0 radical (unpaired) electrons. The maximum Gasteiger partial charge on any atom is 0.227 e. The topological polar surface area (TPSA) is 68.0 Å². The summed E-state index contributed by atoms with van der Waals surface area (Å²) in [6.07, 6.45) is 5.97. The van der Waals surface area contributed by atoms with Gasteiger partial charge in [-0.25, -0.2) is 0 Å². The molecule has 1 saturated carbocycles. The van der Waals surface area contributed by atoms with Crippen LogP contribution in [0, 0.1) is 5.92 Å². The van der Waals surface area contributed by atoms with E-state index in [1.165, 1.54) is 0 Å². The number of hydrogen-bond donors (Lipinski definition) is 2. The molecule has 0 aliphatic heterocycles. The summed E-state index contributed by atoms with van der Waals surface area (Å²) in [4.78, 5) is 15.7. The number of aromatic nitrogens is 1. The normalized spacial score (nSPS) is 22.2. The number of halogens is 2. The highest BCUT2D eigenvalue weighted by Crippen LogP contribution is 2.25. The van der Waals surface area contributed by atoms with Crippen molar-refractivity contribution in [2.24, 2.45) is 11.7 Å². The molecule has 2 unspecified atom stereocenters. The van der Waals surface area contributed by atoms with Crippen LogP contribution in [0.5, 0.6) is 0 Å². The van der Waals surface area contributed by atoms with Crippen molar-refractivity contribution in [2.75, 3.05) is 5.32 Å². The van der Waals surface area contributed by atoms with Gasteiger partial charge in [-0.15, -0.1) is 24.8 Å². The lowest BCUT2D eigenvalue weighted by Gasteiger charge is -2.09. The maximum atomic E-state index is 11.8. The van der Waals surface area contributed by atoms with E-state index in [0.29, 0.717) is 0 Å². The van der Waals surface area contributed by atoms with Crippen LogP contribution < -0.4 is 11.1 Å². The van der Waals surface area contributed by atoms with E-state index in [-0.39, 0.29) is 42.7 Å². The second kappa shape index (κ2) is 7.48. The summed E-state index contributed by atoms with van der Waals surface area (Å²) in [6, 6.07) is 3.82. The Morgan fingerprint density at radius 3 is 2.71 bits per heavy atom. The zero-order valence-electron chi connectivity index (χ0n) is 9.33. The first-order valence-corrected chi connectivity index (χ1v) is 5.22. The molecule has 1 heterocycles. The molecule has 96 valence electrons. The monoisotopic (exact) mass is 277 g/mol. The molecule has 0 spiro atoms. The van der Waals surface area contributed by atoms with Crippen LogP contribution in [0.25, 0.3) is 0 Å². The van der Waals surface area contributed by atoms with Gasteiger partial charge in [0, 0.05) is 18.2 Å². The van der Waals surface area contributed by atoms with E-state index in [1.54, 1.807) is 18.5 Å². The largest absolute Gasteiger partial charge is 0.328 e. The highest BCUT2D eigenvalue weighted by Gasteiger charge is 2.27. The molecule has 1 fully saturated rings. The molecule has 3 N–H and O–H groups in total. The van der Waals surface area contributed by atoms with Crippen LogP contribution in [-0.4, -0.2) is 16.9 Å². The standard InChI is InChI=1S/C11H15N3O.2ClH/c12-9-4-3-8(6-9)11(15)14-10-2-1-5-13-7-10;;/h1-2,5,7-9H,3-4,6,12H2,(H,14,15);2*1H. The highest BCUT2D eigenvalue weighted by molar-refractivity contribution is 5.92. The van der Waals surface area contributed by atoms with Crippen molar-refractivity contribution in [3.8, 4) is 0 Å². The van der Waals surface area contributed by atoms with Crippen LogP contribution in [-0.2, 0) is 4.79 Å². The maximum absolute atomic E-state index is 11.8. The number of nitrogens with one attached hydrogen (secondary N) is 1. The Morgan fingerprint density at radius 1 is 1.41 bits per heavy atom. The summed E-state index contributed by atoms with van der Waals surface area (Å²) < 4.78 is 0. The Morgan fingerprint density at radius 2 is 2.18 bits per heavy atom. The van der Waals surface area contributed by atoms with E-state index in [1.807, 2.05) is 6.07 Å². The molecular formula is C11H17Cl2N3O. The minimum absolute atomic E-state index is 0. The van der Waals surface area contributed by atoms with Crippen LogP contribution in [0.3, 0.4) is 0 Å². The van der Waals surface area contributed by atoms with E-state index < -0.39 is 0 Å². The fraction of sp³-hybridized carbons (Fsp3) is 0.455. The lowest BCUT2D eigenvalue weighted by Crippen LogP contribution is -2.23. The van der Waals surface area contributed by atoms with Crippen molar-refractivity contribution in [1.29, 1.82) is 0 Å². The molecule has 1 aliphatic rings. The third kappa shape index (κ3) is 4.50. The van der Waals surface area contributed by atoms with Crippen LogP contribution in [0.1, 0.15) is 19.3 Å². The first kappa shape index (κ1) is 16.2. The fourth-order valence-corrected chi connectivity index (χ4v) is 1.94. The zero-order valence-corrected chi connectivity index (χ0v) is 11.0. The van der Waals surface area contributed by atoms with Gasteiger partial charge in [0.25, 0.3) is 0 Å². The molecular weight excluding hydrogens is 261 g/mol. The van der Waals surface area contributed by atoms with Gasteiger partial charge in [-0.1, -0.05) is 0 Å². The number of nitrogens with two attached hydrogens (primary N) is 1. The van der Waals surface area contributed by atoms with Gasteiger partial charge in [0.2, 0.25) is 5.91 Å². The molecule has 1 aromatic heterocycles. The summed E-state index contributed by atoms with van der Waals surface area (Å²) >= 11 is 0. The third-order valence-electron chi connectivity index (χ3n) is 2.77. The van der Waals surface area contributed by atoms with Crippen LogP contribution in [0.2, 0.25) is 0 Å². The van der Waals surface area contributed by atoms with Crippen molar-refractivity contribution in [2.45, 2.75) is 25.3 Å². The number of carbonyl (C=O) groups is 1. The number of hydrogen-bond acceptors (Lipinski definition) is 3. The number of nitrogens with zero attached hydrogens (tertiary/aromatic N) is 1. The summed E-state index contributed by atoms with van der Waals surface area (Å²) in [6.45, 7) is 0. The Labute approximate surface area is 113 Å². The van der Waals surface area contributed by atoms with E-state index >= 15 is 0 Å². The third-order valence-corrected chi connectivity index (χ3v) is 2.77. The van der Waals surface area contributed by atoms with E-state index in [9.17, 15) is 4.79 Å². The van der Waals surface area contributed by atoms with Gasteiger partial charge in [-0.3, -0.25) is 9.78 Å². The lowest BCUT2D eigenvalue weighted by atomic mass is 10.1. The Hall–Kier alpha value is -0.840. The molecule has 1 aromatic rings. The Balaban J connectivity index is 0.00000128. The van der Waals surface area contributed by atoms with Crippen molar-refractivity contribution in [3.05, 3.63) is 24.5 Å². The van der Waals surface area contributed by atoms with Crippen LogP contribution in [0.4, 0.5) is 5.69 Å². The summed E-state index contributed by atoms with van der Waals surface area (Å²) in [7, 11) is 0. The highest BCUT2D eigenvalue weighted by atomic mass is 35.5. The molecule has 17 heavy (non-hydrogen) atoms. The van der Waals surface area contributed by atoms with E-state index in [4.69, 9.17) is 5.73 Å². The van der Waals surface area contributed by atoms with Crippen molar-refractivity contribution >= 4 is 36.4 Å². The lowest BCUT2D eigenvalue weighted by molar-refractivity contribution is -0.119. The minimum atomic E-state index is 0. The summed E-state index contributed by atoms with van der Waals surface area (Å²) in [5.41, 5.74) is 6.52. The van der Waals surface area contributed by atoms with Crippen LogP contribution in [0.15, 0.2) is 24.5 Å². The van der Waals surface area contributed by atoms with Crippen molar-refractivity contribution < 1.29 is 4.79 Å². The number of amides is 1. The van der Waals surface area contributed by atoms with Gasteiger partial charge in [0.05, 0.1) is 11.9 Å². The van der Waals surface area contributed by atoms with Gasteiger partial charge < -0.3 is 11.1 Å². The van der Waals surface area contributed by atoms with Crippen molar-refractivity contribution in [1.82, 2.24) is 4.98 Å². The molecule has 2 rings (SSSR count). The quantitative estimate of drug-likeness (QED) is 0.869. The van der Waals surface area contributed by atoms with E-state index in [0.717, 1.165) is 24.9 Å². The first-order valence-electron chi connectivity index (χ1n) is 5.22. The average molecular weight is 278 g/mol. The second-order valence-electron chi connectivity index (χ2n) is 4.00. The Bertz CT molecular complexity index is 348. The molecule has 1 aliphatic carbocycles. The Kier molecular flexibility index (Phi) is 7.11. The molecule has 0 bridgehead atoms. The van der Waals surface area contributed by atoms with Gasteiger partial charge in [0.1, 0.15) is 0 Å². The van der Waals surface area contributed by atoms with Gasteiger partial charge >= 0.3 is 0 Å². The number of pyridine rings is 1. The number of rotatable bonds is 2. The predicted molar refractivity (Wildman–Crippen MR) is 72.7 cm³/mol. The van der Waals surface area contributed by atoms with Crippen LogP contribution >= 0.6 is 24.8 Å². The molecule has 0 saturated heterocycles. The first-order chi connectivity index (χ1) is 7.25. The predicted octanol–water partition coefficient (Wildman–Crippen LogP) is 1.99. The SMILES string of the molecule is Cl.Cl.NC1CCC(C(=O)Nc2cccnc2)C1. The average Bonchev–Trinajstić information content (AvgIpc) is 2.66. The van der Waals surface area contributed by atoms with Gasteiger partial charge in [-0.2, -0.15) is 0 Å². The summed E-state index contributed by atoms with van der Waals surface area (Å²) in [5, 5.41) is 2.85. The smallest absolute Gasteiger partial charge is 0.227 e. The minimum Gasteiger partial charge on any atom is -0.328 e. The second-order valence-corrected chi connectivity index (χ2v) is 4.00. The molecule has 0 aromatic carbocycles. The fourth-order valence-electron chi connectivity index (χ4n) is 1.94. The van der Waals surface area contributed by atoms with E-state index in [2.05, 4.69) is 10.3 Å². The number of anilines is 1. The number of carbonyl (C=O) groups excluding carboxylic acids is 1. The molecule has 2 atom stereocenters.